The number of carbonyl (C=O) groups is 1. The van der Waals surface area contributed by atoms with Crippen molar-refractivity contribution in [2.24, 2.45) is 0 Å². The standard InChI is InChI=1S/C12H14F3N3O/c13-12(14,15)9-3-1-8(2-4-9)5-17-11(19)18-10-6-16-7-10/h1-4,10,16H,5-7H2,(H2,17,18,19). The molecule has 3 N–H and O–H groups in total. The average molecular weight is 273 g/mol. The van der Waals surface area contributed by atoms with Gasteiger partial charge < -0.3 is 16.0 Å². The summed E-state index contributed by atoms with van der Waals surface area (Å²) >= 11 is 0. The molecule has 1 aromatic rings. The second-order valence-corrected chi connectivity index (χ2v) is 4.38. The van der Waals surface area contributed by atoms with E-state index in [2.05, 4.69) is 16.0 Å². The maximum Gasteiger partial charge on any atom is 0.416 e. The Morgan fingerprint density at radius 1 is 1.26 bits per heavy atom. The van der Waals surface area contributed by atoms with E-state index < -0.39 is 11.7 Å². The number of rotatable bonds is 3. The van der Waals surface area contributed by atoms with Crippen molar-refractivity contribution in [3.05, 3.63) is 35.4 Å². The smallest absolute Gasteiger partial charge is 0.334 e. The molecule has 0 saturated carbocycles. The SMILES string of the molecule is O=C(NCc1ccc(C(F)(F)F)cc1)NC1CNC1. The van der Waals surface area contributed by atoms with E-state index in [0.29, 0.717) is 5.56 Å². The molecule has 0 unspecified atom stereocenters. The van der Waals surface area contributed by atoms with E-state index >= 15 is 0 Å². The van der Waals surface area contributed by atoms with Crippen molar-refractivity contribution < 1.29 is 18.0 Å². The zero-order valence-electron chi connectivity index (χ0n) is 10.1. The van der Waals surface area contributed by atoms with Gasteiger partial charge in [0, 0.05) is 19.6 Å². The molecule has 1 aromatic carbocycles. The van der Waals surface area contributed by atoms with Crippen LogP contribution < -0.4 is 16.0 Å². The van der Waals surface area contributed by atoms with Crippen LogP contribution in [0.3, 0.4) is 0 Å². The Morgan fingerprint density at radius 2 is 1.89 bits per heavy atom. The number of hydrogen-bond acceptors (Lipinski definition) is 2. The number of benzene rings is 1. The van der Waals surface area contributed by atoms with Gasteiger partial charge in [-0.05, 0) is 17.7 Å². The molecule has 1 aliphatic rings. The summed E-state index contributed by atoms with van der Waals surface area (Å²) < 4.78 is 37.0. The van der Waals surface area contributed by atoms with Gasteiger partial charge >= 0.3 is 12.2 Å². The van der Waals surface area contributed by atoms with Gasteiger partial charge in [-0.25, -0.2) is 4.79 Å². The van der Waals surface area contributed by atoms with Crippen molar-refractivity contribution >= 4 is 6.03 Å². The van der Waals surface area contributed by atoms with Crippen LogP contribution in [0.2, 0.25) is 0 Å². The number of urea groups is 1. The Balaban J connectivity index is 1.80. The molecule has 1 saturated heterocycles. The first-order chi connectivity index (χ1) is 8.95. The summed E-state index contributed by atoms with van der Waals surface area (Å²) in [6.07, 6.45) is -4.33. The van der Waals surface area contributed by atoms with Crippen LogP contribution in [-0.4, -0.2) is 25.2 Å². The predicted molar refractivity (Wildman–Crippen MR) is 63.5 cm³/mol. The van der Waals surface area contributed by atoms with E-state index in [4.69, 9.17) is 0 Å². The summed E-state index contributed by atoms with van der Waals surface area (Å²) in [6.45, 7) is 1.69. The van der Waals surface area contributed by atoms with Gasteiger partial charge in [0.25, 0.3) is 0 Å². The molecule has 1 aliphatic heterocycles. The second kappa shape index (κ2) is 5.48. The zero-order chi connectivity index (χ0) is 13.9. The topological polar surface area (TPSA) is 53.2 Å². The minimum atomic E-state index is -4.33. The lowest BCUT2D eigenvalue weighted by Crippen LogP contribution is -2.58. The highest BCUT2D eigenvalue weighted by Gasteiger charge is 2.29. The van der Waals surface area contributed by atoms with Crippen LogP contribution in [0.4, 0.5) is 18.0 Å². The van der Waals surface area contributed by atoms with Crippen LogP contribution in [0, 0.1) is 0 Å². The van der Waals surface area contributed by atoms with Gasteiger partial charge in [-0.15, -0.1) is 0 Å². The molecule has 2 rings (SSSR count). The Morgan fingerprint density at radius 3 is 2.37 bits per heavy atom. The van der Waals surface area contributed by atoms with E-state index in [0.717, 1.165) is 25.2 Å². The molecule has 1 heterocycles. The van der Waals surface area contributed by atoms with E-state index in [1.54, 1.807) is 0 Å². The molecular weight excluding hydrogens is 259 g/mol. The van der Waals surface area contributed by atoms with Crippen molar-refractivity contribution in [3.8, 4) is 0 Å². The first-order valence-electron chi connectivity index (χ1n) is 5.86. The molecule has 0 atom stereocenters. The molecule has 0 aromatic heterocycles. The monoisotopic (exact) mass is 273 g/mol. The molecule has 0 aliphatic carbocycles. The lowest BCUT2D eigenvalue weighted by Gasteiger charge is -2.27. The molecule has 19 heavy (non-hydrogen) atoms. The van der Waals surface area contributed by atoms with Gasteiger partial charge in [0.05, 0.1) is 11.6 Å². The highest BCUT2D eigenvalue weighted by molar-refractivity contribution is 5.74. The molecule has 0 bridgehead atoms. The lowest BCUT2D eigenvalue weighted by molar-refractivity contribution is -0.137. The fourth-order valence-electron chi connectivity index (χ4n) is 1.62. The molecular formula is C12H14F3N3O. The van der Waals surface area contributed by atoms with Gasteiger partial charge in [0.2, 0.25) is 0 Å². The Hall–Kier alpha value is -1.76. The van der Waals surface area contributed by atoms with Gasteiger partial charge in [-0.3, -0.25) is 0 Å². The molecule has 0 radical (unpaired) electrons. The third kappa shape index (κ3) is 3.85. The van der Waals surface area contributed by atoms with Crippen LogP contribution in [0.25, 0.3) is 0 Å². The van der Waals surface area contributed by atoms with E-state index in [1.807, 2.05) is 0 Å². The first kappa shape index (κ1) is 13.7. The number of amides is 2. The molecule has 4 nitrogen and oxygen atoms in total. The van der Waals surface area contributed by atoms with Gasteiger partial charge in [-0.1, -0.05) is 12.1 Å². The quantitative estimate of drug-likeness (QED) is 0.781. The zero-order valence-corrected chi connectivity index (χ0v) is 10.1. The van der Waals surface area contributed by atoms with Crippen molar-refractivity contribution in [1.29, 1.82) is 0 Å². The van der Waals surface area contributed by atoms with Crippen molar-refractivity contribution in [2.45, 2.75) is 18.8 Å². The maximum atomic E-state index is 12.3. The Labute approximate surface area is 108 Å². The van der Waals surface area contributed by atoms with E-state index in [-0.39, 0.29) is 18.6 Å². The largest absolute Gasteiger partial charge is 0.416 e. The summed E-state index contributed by atoms with van der Waals surface area (Å²) in [5.41, 5.74) is -0.0730. The fraction of sp³-hybridized carbons (Fsp3) is 0.417. The highest BCUT2D eigenvalue weighted by Crippen LogP contribution is 2.28. The first-order valence-corrected chi connectivity index (χ1v) is 5.86. The number of hydrogen-bond donors (Lipinski definition) is 3. The number of halogens is 3. The lowest BCUT2D eigenvalue weighted by atomic mass is 10.1. The normalized spacial score (nSPS) is 15.7. The van der Waals surface area contributed by atoms with Crippen molar-refractivity contribution in [3.63, 3.8) is 0 Å². The summed E-state index contributed by atoms with van der Waals surface area (Å²) in [6, 6.07) is 4.54. The minimum Gasteiger partial charge on any atom is -0.334 e. The summed E-state index contributed by atoms with van der Waals surface area (Å²) in [5.74, 6) is 0. The van der Waals surface area contributed by atoms with Crippen molar-refractivity contribution in [2.75, 3.05) is 13.1 Å². The highest BCUT2D eigenvalue weighted by atomic mass is 19.4. The van der Waals surface area contributed by atoms with Crippen molar-refractivity contribution in [1.82, 2.24) is 16.0 Å². The molecule has 0 spiro atoms. The second-order valence-electron chi connectivity index (χ2n) is 4.38. The van der Waals surface area contributed by atoms with Crippen LogP contribution in [0.5, 0.6) is 0 Å². The van der Waals surface area contributed by atoms with Crippen LogP contribution >= 0.6 is 0 Å². The van der Waals surface area contributed by atoms with Gasteiger partial charge in [0.15, 0.2) is 0 Å². The van der Waals surface area contributed by atoms with Gasteiger partial charge in [0.1, 0.15) is 0 Å². The van der Waals surface area contributed by atoms with E-state index in [1.165, 1.54) is 12.1 Å². The molecule has 2 amide bonds. The number of carbonyl (C=O) groups excluding carboxylic acids is 1. The predicted octanol–water partition coefficient (Wildman–Crippen LogP) is 1.48. The minimum absolute atomic E-state index is 0.132. The number of nitrogens with one attached hydrogen (secondary N) is 3. The fourth-order valence-corrected chi connectivity index (χ4v) is 1.62. The summed E-state index contributed by atoms with van der Waals surface area (Å²) in [7, 11) is 0. The third-order valence-electron chi connectivity index (χ3n) is 2.85. The Kier molecular flexibility index (Phi) is 3.94. The van der Waals surface area contributed by atoms with Crippen LogP contribution in [0.15, 0.2) is 24.3 Å². The van der Waals surface area contributed by atoms with E-state index in [9.17, 15) is 18.0 Å². The molecule has 104 valence electrons. The maximum absolute atomic E-state index is 12.3. The molecule has 1 fully saturated rings. The van der Waals surface area contributed by atoms with Crippen LogP contribution in [0.1, 0.15) is 11.1 Å². The third-order valence-corrected chi connectivity index (χ3v) is 2.85. The van der Waals surface area contributed by atoms with Crippen LogP contribution in [-0.2, 0) is 12.7 Å². The van der Waals surface area contributed by atoms with Gasteiger partial charge in [-0.2, -0.15) is 13.2 Å². The Bertz CT molecular complexity index is 441. The average Bonchev–Trinajstić information content (AvgIpc) is 2.31. The number of alkyl halides is 3. The molecule has 7 heteroatoms. The summed E-state index contributed by atoms with van der Waals surface area (Å²) in [4.78, 5) is 11.4. The summed E-state index contributed by atoms with van der Waals surface area (Å²) in [5, 5.41) is 8.34.